The van der Waals surface area contributed by atoms with Crippen molar-refractivity contribution in [3.8, 4) is 0 Å². The van der Waals surface area contributed by atoms with Gasteiger partial charge >= 0.3 is 0 Å². The zero-order valence-electron chi connectivity index (χ0n) is 11.1. The number of benzene rings is 1. The number of Topliss-reactive ketones (excluding diaryl/α,β-unsaturated/α-hetero) is 1. The first-order valence-corrected chi connectivity index (χ1v) is 7.18. The summed E-state index contributed by atoms with van der Waals surface area (Å²) in [4.78, 5) is 26.5. The van der Waals surface area contributed by atoms with E-state index in [1.807, 2.05) is 29.2 Å². The molecule has 19 heavy (non-hydrogen) atoms. The summed E-state index contributed by atoms with van der Waals surface area (Å²) >= 11 is 0. The van der Waals surface area contributed by atoms with Gasteiger partial charge in [0.1, 0.15) is 0 Å². The highest BCUT2D eigenvalue weighted by molar-refractivity contribution is 6.01. The molecule has 1 atom stereocenters. The normalized spacial score (nSPS) is 23.1. The summed E-state index contributed by atoms with van der Waals surface area (Å²) in [6.07, 6.45) is 4.62. The summed E-state index contributed by atoms with van der Waals surface area (Å²) in [6, 6.07) is 7.60. The molecule has 0 spiro atoms. The van der Waals surface area contributed by atoms with Crippen LogP contribution in [-0.4, -0.2) is 29.7 Å². The smallest absolute Gasteiger partial charge is 0.230 e. The largest absolute Gasteiger partial charge is 0.342 e. The molecule has 1 unspecified atom stereocenters. The zero-order chi connectivity index (χ0) is 13.2. The maximum atomic E-state index is 12.6. The average Bonchev–Trinajstić information content (AvgIpc) is 2.48. The molecule has 3 rings (SSSR count). The molecule has 100 valence electrons. The number of hydrogen-bond donors (Lipinski definition) is 0. The van der Waals surface area contributed by atoms with Gasteiger partial charge in [0.25, 0.3) is 0 Å². The van der Waals surface area contributed by atoms with Gasteiger partial charge in [-0.1, -0.05) is 24.3 Å². The summed E-state index contributed by atoms with van der Waals surface area (Å²) in [5.74, 6) is 0.296. The van der Waals surface area contributed by atoms with E-state index in [1.165, 1.54) is 6.42 Å². The van der Waals surface area contributed by atoms with E-state index in [4.69, 9.17) is 0 Å². The number of fused-ring (bicyclic) bond motifs is 1. The maximum absolute atomic E-state index is 12.6. The predicted octanol–water partition coefficient (Wildman–Crippen LogP) is 2.76. The number of piperidine rings is 1. The number of ketones is 1. The molecule has 0 aromatic heterocycles. The number of amides is 1. The van der Waals surface area contributed by atoms with E-state index >= 15 is 0 Å². The average molecular weight is 257 g/mol. The molecule has 0 saturated carbocycles. The molecule has 0 bridgehead atoms. The Morgan fingerprint density at radius 2 is 1.84 bits per heavy atom. The highest BCUT2D eigenvalue weighted by atomic mass is 16.2. The standard InChI is InChI=1S/C16H19NO2/c18-15-9-8-14(12-6-2-3-7-13(12)15)16(19)17-10-4-1-5-11-17/h2-3,6-7,14H,1,4-5,8-11H2. The molecule has 1 aromatic rings. The Kier molecular flexibility index (Phi) is 3.36. The summed E-state index contributed by atoms with van der Waals surface area (Å²) in [5, 5.41) is 0. The van der Waals surface area contributed by atoms with E-state index in [1.54, 1.807) is 0 Å². The van der Waals surface area contributed by atoms with Crippen LogP contribution < -0.4 is 0 Å². The van der Waals surface area contributed by atoms with Gasteiger partial charge in [-0.05, 0) is 31.2 Å². The van der Waals surface area contributed by atoms with Crippen LogP contribution in [-0.2, 0) is 4.79 Å². The number of rotatable bonds is 1. The third-order valence-corrected chi connectivity index (χ3v) is 4.26. The molecule has 1 amide bonds. The molecule has 0 radical (unpaired) electrons. The van der Waals surface area contributed by atoms with Gasteiger partial charge in [-0.3, -0.25) is 9.59 Å². The highest BCUT2D eigenvalue weighted by Crippen LogP contribution is 2.33. The lowest BCUT2D eigenvalue weighted by atomic mass is 9.81. The third-order valence-electron chi connectivity index (χ3n) is 4.26. The van der Waals surface area contributed by atoms with Crippen LogP contribution in [0, 0.1) is 0 Å². The number of nitrogens with zero attached hydrogens (tertiary/aromatic N) is 1. The van der Waals surface area contributed by atoms with Crippen molar-refractivity contribution in [3.63, 3.8) is 0 Å². The van der Waals surface area contributed by atoms with E-state index < -0.39 is 0 Å². The van der Waals surface area contributed by atoms with Crippen LogP contribution >= 0.6 is 0 Å². The van der Waals surface area contributed by atoms with E-state index in [0.717, 1.165) is 37.1 Å². The molecule has 1 saturated heterocycles. The lowest BCUT2D eigenvalue weighted by molar-refractivity contribution is -0.133. The number of likely N-dealkylation sites (tertiary alicyclic amines) is 1. The van der Waals surface area contributed by atoms with Gasteiger partial charge in [0.2, 0.25) is 5.91 Å². The van der Waals surface area contributed by atoms with E-state index in [9.17, 15) is 9.59 Å². The van der Waals surface area contributed by atoms with E-state index in [2.05, 4.69) is 0 Å². The minimum Gasteiger partial charge on any atom is -0.342 e. The second-order valence-corrected chi connectivity index (χ2v) is 5.49. The molecule has 0 N–H and O–H groups in total. The highest BCUT2D eigenvalue weighted by Gasteiger charge is 2.33. The first-order valence-electron chi connectivity index (χ1n) is 7.18. The molecule has 1 aliphatic carbocycles. The van der Waals surface area contributed by atoms with Gasteiger partial charge in [-0.25, -0.2) is 0 Å². The Morgan fingerprint density at radius 1 is 1.11 bits per heavy atom. The fourth-order valence-corrected chi connectivity index (χ4v) is 3.21. The summed E-state index contributed by atoms with van der Waals surface area (Å²) in [7, 11) is 0. The van der Waals surface area contributed by atoms with Crippen molar-refractivity contribution in [2.45, 2.75) is 38.0 Å². The van der Waals surface area contributed by atoms with Gasteiger partial charge in [-0.15, -0.1) is 0 Å². The Balaban J connectivity index is 1.87. The maximum Gasteiger partial charge on any atom is 0.230 e. The van der Waals surface area contributed by atoms with Crippen LogP contribution in [0.1, 0.15) is 53.9 Å². The first kappa shape index (κ1) is 12.4. The SMILES string of the molecule is O=C1CCC(C(=O)N2CCCCC2)c2ccccc21. The Bertz CT molecular complexity index is 503. The molecule has 1 fully saturated rings. The zero-order valence-corrected chi connectivity index (χ0v) is 11.1. The van der Waals surface area contributed by atoms with Gasteiger partial charge in [0, 0.05) is 25.1 Å². The van der Waals surface area contributed by atoms with Crippen LogP contribution in [0.3, 0.4) is 0 Å². The van der Waals surface area contributed by atoms with Crippen molar-refractivity contribution in [2.75, 3.05) is 13.1 Å². The van der Waals surface area contributed by atoms with Crippen LogP contribution in [0.15, 0.2) is 24.3 Å². The van der Waals surface area contributed by atoms with Gasteiger partial charge < -0.3 is 4.90 Å². The second kappa shape index (κ2) is 5.16. The van der Waals surface area contributed by atoms with Crippen LogP contribution in [0.2, 0.25) is 0 Å². The molecular weight excluding hydrogens is 238 g/mol. The van der Waals surface area contributed by atoms with E-state index in [0.29, 0.717) is 12.8 Å². The number of hydrogen-bond acceptors (Lipinski definition) is 2. The van der Waals surface area contributed by atoms with Crippen molar-refractivity contribution < 1.29 is 9.59 Å². The first-order chi connectivity index (χ1) is 9.27. The summed E-state index contributed by atoms with van der Waals surface area (Å²) in [5.41, 5.74) is 1.69. The fourth-order valence-electron chi connectivity index (χ4n) is 3.21. The molecule has 3 heteroatoms. The monoisotopic (exact) mass is 257 g/mol. The van der Waals surface area contributed by atoms with Crippen LogP contribution in [0.4, 0.5) is 0 Å². The Hall–Kier alpha value is -1.64. The predicted molar refractivity (Wildman–Crippen MR) is 73.2 cm³/mol. The van der Waals surface area contributed by atoms with E-state index in [-0.39, 0.29) is 17.6 Å². The quantitative estimate of drug-likeness (QED) is 0.775. The summed E-state index contributed by atoms with van der Waals surface area (Å²) in [6.45, 7) is 1.76. The van der Waals surface area contributed by atoms with Crippen molar-refractivity contribution in [1.82, 2.24) is 4.90 Å². The minimum atomic E-state index is -0.105. The molecule has 3 nitrogen and oxygen atoms in total. The van der Waals surface area contributed by atoms with Crippen LogP contribution in [0.25, 0.3) is 0 Å². The van der Waals surface area contributed by atoms with Crippen molar-refractivity contribution in [2.24, 2.45) is 0 Å². The molecular formula is C16H19NO2. The topological polar surface area (TPSA) is 37.4 Å². The van der Waals surface area contributed by atoms with Crippen molar-refractivity contribution in [1.29, 1.82) is 0 Å². The Labute approximate surface area is 113 Å². The molecule has 1 aromatic carbocycles. The fraction of sp³-hybridized carbons (Fsp3) is 0.500. The summed E-state index contributed by atoms with van der Waals surface area (Å²) < 4.78 is 0. The number of carbonyl (C=O) groups excluding carboxylic acids is 2. The van der Waals surface area contributed by atoms with Gasteiger partial charge in [0.05, 0.1) is 5.92 Å². The van der Waals surface area contributed by atoms with Gasteiger partial charge in [-0.2, -0.15) is 0 Å². The molecule has 1 aliphatic heterocycles. The third kappa shape index (κ3) is 2.29. The van der Waals surface area contributed by atoms with Crippen molar-refractivity contribution >= 4 is 11.7 Å². The van der Waals surface area contributed by atoms with Crippen LogP contribution in [0.5, 0.6) is 0 Å². The van der Waals surface area contributed by atoms with Gasteiger partial charge in [0.15, 0.2) is 5.78 Å². The Morgan fingerprint density at radius 3 is 2.63 bits per heavy atom. The molecule has 1 heterocycles. The lowest BCUT2D eigenvalue weighted by Gasteiger charge is -2.32. The minimum absolute atomic E-state index is 0.105. The lowest BCUT2D eigenvalue weighted by Crippen LogP contribution is -2.40. The van der Waals surface area contributed by atoms with Crippen molar-refractivity contribution in [3.05, 3.63) is 35.4 Å². The number of carbonyl (C=O) groups is 2. The molecule has 2 aliphatic rings. The second-order valence-electron chi connectivity index (χ2n) is 5.49.